The molecule has 0 radical (unpaired) electrons. The molecular formula is C13H23NO2. The Labute approximate surface area is 97.9 Å². The Morgan fingerprint density at radius 2 is 1.94 bits per heavy atom. The lowest BCUT2D eigenvalue weighted by Crippen LogP contribution is -2.43. The molecule has 1 N–H and O–H groups in total. The summed E-state index contributed by atoms with van der Waals surface area (Å²) in [5.74, 6) is 0.113. The molecule has 92 valence electrons. The predicted molar refractivity (Wildman–Crippen MR) is 63.2 cm³/mol. The van der Waals surface area contributed by atoms with Crippen LogP contribution in [-0.4, -0.2) is 24.7 Å². The van der Waals surface area contributed by atoms with Crippen LogP contribution in [0.3, 0.4) is 0 Å². The van der Waals surface area contributed by atoms with Crippen molar-refractivity contribution in [1.82, 2.24) is 5.32 Å². The van der Waals surface area contributed by atoms with Gasteiger partial charge in [0.05, 0.1) is 0 Å². The fourth-order valence-electron chi connectivity index (χ4n) is 2.62. The quantitative estimate of drug-likeness (QED) is 0.782. The maximum absolute atomic E-state index is 11.8. The molecule has 3 heteroatoms. The lowest BCUT2D eigenvalue weighted by Gasteiger charge is -2.34. The van der Waals surface area contributed by atoms with E-state index in [2.05, 4.69) is 19.2 Å². The zero-order chi connectivity index (χ0) is 11.6. The van der Waals surface area contributed by atoms with Gasteiger partial charge in [-0.2, -0.15) is 0 Å². The van der Waals surface area contributed by atoms with Gasteiger partial charge in [0.1, 0.15) is 6.10 Å². The monoisotopic (exact) mass is 225 g/mol. The van der Waals surface area contributed by atoms with Crippen LogP contribution in [-0.2, 0) is 9.53 Å². The number of rotatable bonds is 2. The van der Waals surface area contributed by atoms with Crippen LogP contribution in [0.5, 0.6) is 0 Å². The first-order chi connectivity index (χ1) is 7.57. The van der Waals surface area contributed by atoms with Crippen LogP contribution >= 0.6 is 0 Å². The summed E-state index contributed by atoms with van der Waals surface area (Å²) in [4.78, 5) is 11.8. The van der Waals surface area contributed by atoms with E-state index < -0.39 is 0 Å². The second-order valence-corrected chi connectivity index (χ2v) is 5.95. The van der Waals surface area contributed by atoms with Crippen molar-refractivity contribution in [2.75, 3.05) is 6.61 Å². The van der Waals surface area contributed by atoms with Gasteiger partial charge in [0.2, 0.25) is 5.91 Å². The molecule has 1 saturated carbocycles. The number of hydrogen-bond acceptors (Lipinski definition) is 2. The van der Waals surface area contributed by atoms with Crippen molar-refractivity contribution in [2.24, 2.45) is 5.41 Å². The molecule has 1 aliphatic carbocycles. The van der Waals surface area contributed by atoms with Gasteiger partial charge in [0, 0.05) is 12.6 Å². The first-order valence-electron chi connectivity index (χ1n) is 6.49. The Bertz CT molecular complexity index is 247. The zero-order valence-corrected chi connectivity index (χ0v) is 10.4. The maximum Gasteiger partial charge on any atom is 0.249 e. The number of nitrogens with one attached hydrogen (secondary N) is 1. The SMILES string of the molecule is CC1(C)CCC(NC(=O)[C@@H]2CCCO2)CC1. The summed E-state index contributed by atoms with van der Waals surface area (Å²) < 4.78 is 5.39. The lowest BCUT2D eigenvalue weighted by molar-refractivity contribution is -0.131. The highest BCUT2D eigenvalue weighted by Gasteiger charge is 2.30. The third kappa shape index (κ3) is 2.97. The highest BCUT2D eigenvalue weighted by Crippen LogP contribution is 2.35. The van der Waals surface area contributed by atoms with Gasteiger partial charge in [0.25, 0.3) is 0 Å². The number of amides is 1. The molecule has 0 unspecified atom stereocenters. The van der Waals surface area contributed by atoms with Gasteiger partial charge >= 0.3 is 0 Å². The van der Waals surface area contributed by atoms with Gasteiger partial charge < -0.3 is 10.1 Å². The van der Waals surface area contributed by atoms with Crippen LogP contribution in [0.4, 0.5) is 0 Å². The van der Waals surface area contributed by atoms with Crippen molar-refractivity contribution >= 4 is 5.91 Å². The maximum atomic E-state index is 11.8. The fourth-order valence-corrected chi connectivity index (χ4v) is 2.62. The van der Waals surface area contributed by atoms with E-state index in [1.807, 2.05) is 0 Å². The van der Waals surface area contributed by atoms with Gasteiger partial charge in [-0.1, -0.05) is 13.8 Å². The molecule has 1 amide bonds. The van der Waals surface area contributed by atoms with Crippen LogP contribution in [0, 0.1) is 5.41 Å². The summed E-state index contributed by atoms with van der Waals surface area (Å²) in [6.07, 6.45) is 6.40. The van der Waals surface area contributed by atoms with Crippen LogP contribution in [0.25, 0.3) is 0 Å². The molecule has 1 heterocycles. The Morgan fingerprint density at radius 1 is 1.25 bits per heavy atom. The molecular weight excluding hydrogens is 202 g/mol. The van der Waals surface area contributed by atoms with E-state index in [-0.39, 0.29) is 12.0 Å². The van der Waals surface area contributed by atoms with Crippen molar-refractivity contribution in [2.45, 2.75) is 64.5 Å². The van der Waals surface area contributed by atoms with Crippen molar-refractivity contribution < 1.29 is 9.53 Å². The Kier molecular flexibility index (Phi) is 3.53. The van der Waals surface area contributed by atoms with E-state index in [9.17, 15) is 4.79 Å². The molecule has 16 heavy (non-hydrogen) atoms. The first-order valence-corrected chi connectivity index (χ1v) is 6.49. The normalized spacial score (nSPS) is 30.2. The third-order valence-corrected chi connectivity index (χ3v) is 3.91. The Hall–Kier alpha value is -0.570. The van der Waals surface area contributed by atoms with E-state index >= 15 is 0 Å². The third-order valence-electron chi connectivity index (χ3n) is 3.91. The molecule has 2 aliphatic rings. The van der Waals surface area contributed by atoms with Gasteiger partial charge in [-0.25, -0.2) is 0 Å². The number of ether oxygens (including phenoxy) is 1. The minimum atomic E-state index is -0.171. The molecule has 0 aromatic rings. The molecule has 0 aromatic heterocycles. The van der Waals surface area contributed by atoms with E-state index in [0.717, 1.165) is 32.3 Å². The summed E-state index contributed by atoms with van der Waals surface area (Å²) in [6, 6.07) is 0.379. The minimum Gasteiger partial charge on any atom is -0.368 e. The molecule has 1 atom stereocenters. The van der Waals surface area contributed by atoms with Crippen molar-refractivity contribution in [1.29, 1.82) is 0 Å². The van der Waals surface area contributed by atoms with Gasteiger partial charge in [-0.3, -0.25) is 4.79 Å². The van der Waals surface area contributed by atoms with E-state index in [1.165, 1.54) is 12.8 Å². The highest BCUT2D eigenvalue weighted by atomic mass is 16.5. The average Bonchev–Trinajstić information content (AvgIpc) is 2.74. The smallest absolute Gasteiger partial charge is 0.249 e. The average molecular weight is 225 g/mol. The Balaban J connectivity index is 1.76. The molecule has 1 saturated heterocycles. The summed E-state index contributed by atoms with van der Waals surface area (Å²) in [7, 11) is 0. The summed E-state index contributed by atoms with van der Waals surface area (Å²) >= 11 is 0. The van der Waals surface area contributed by atoms with Gasteiger partial charge in [-0.05, 0) is 43.9 Å². The predicted octanol–water partition coefficient (Wildman–Crippen LogP) is 2.25. The van der Waals surface area contributed by atoms with E-state index in [0.29, 0.717) is 11.5 Å². The van der Waals surface area contributed by atoms with Crippen molar-refractivity contribution in [3.63, 3.8) is 0 Å². The lowest BCUT2D eigenvalue weighted by atomic mass is 9.75. The van der Waals surface area contributed by atoms with E-state index in [1.54, 1.807) is 0 Å². The van der Waals surface area contributed by atoms with Crippen LogP contribution in [0.2, 0.25) is 0 Å². The number of hydrogen-bond donors (Lipinski definition) is 1. The second kappa shape index (κ2) is 4.74. The topological polar surface area (TPSA) is 38.3 Å². The minimum absolute atomic E-state index is 0.113. The van der Waals surface area contributed by atoms with Crippen LogP contribution in [0.1, 0.15) is 52.4 Å². The van der Waals surface area contributed by atoms with Crippen molar-refractivity contribution in [3.05, 3.63) is 0 Å². The largest absolute Gasteiger partial charge is 0.368 e. The van der Waals surface area contributed by atoms with Crippen LogP contribution < -0.4 is 5.32 Å². The van der Waals surface area contributed by atoms with Gasteiger partial charge in [-0.15, -0.1) is 0 Å². The second-order valence-electron chi connectivity index (χ2n) is 5.95. The molecule has 1 aliphatic heterocycles. The number of carbonyl (C=O) groups excluding carboxylic acids is 1. The highest BCUT2D eigenvalue weighted by molar-refractivity contribution is 5.81. The van der Waals surface area contributed by atoms with E-state index in [4.69, 9.17) is 4.74 Å². The van der Waals surface area contributed by atoms with Crippen molar-refractivity contribution in [3.8, 4) is 0 Å². The fraction of sp³-hybridized carbons (Fsp3) is 0.923. The Morgan fingerprint density at radius 3 is 2.50 bits per heavy atom. The molecule has 2 fully saturated rings. The molecule has 0 aromatic carbocycles. The summed E-state index contributed by atoms with van der Waals surface area (Å²) in [5, 5.41) is 3.13. The first kappa shape index (κ1) is 11.9. The standard InChI is InChI=1S/C13H23NO2/c1-13(2)7-5-10(6-8-13)14-12(15)11-4-3-9-16-11/h10-11H,3-9H2,1-2H3,(H,14,15)/t11-/m0/s1. The zero-order valence-electron chi connectivity index (χ0n) is 10.4. The summed E-state index contributed by atoms with van der Waals surface area (Å²) in [6.45, 7) is 5.37. The van der Waals surface area contributed by atoms with Crippen LogP contribution in [0.15, 0.2) is 0 Å². The number of carbonyl (C=O) groups is 1. The molecule has 0 spiro atoms. The molecule has 2 rings (SSSR count). The summed E-state index contributed by atoms with van der Waals surface area (Å²) in [5.41, 5.74) is 0.463. The molecule has 0 bridgehead atoms. The molecule has 3 nitrogen and oxygen atoms in total. The van der Waals surface area contributed by atoms with Gasteiger partial charge in [0.15, 0.2) is 0 Å².